The van der Waals surface area contributed by atoms with Crippen LogP contribution in [0.4, 0.5) is 0 Å². The Morgan fingerprint density at radius 1 is 1.21 bits per heavy atom. The summed E-state index contributed by atoms with van der Waals surface area (Å²) in [5, 5.41) is 15.9. The van der Waals surface area contributed by atoms with Gasteiger partial charge < -0.3 is 14.8 Å². The molecular weight excluding hydrogens is 354 g/mol. The average Bonchev–Trinajstić information content (AvgIpc) is 3.13. The van der Waals surface area contributed by atoms with Crippen LogP contribution in [0.25, 0.3) is 10.9 Å². The molecule has 0 saturated heterocycles. The lowest BCUT2D eigenvalue weighted by molar-refractivity contribution is -0.133. The SMILES string of the molecule is Cc1cc(C)c(OCC(=O)N(CCO)/N=C/c2cccc3[nH]ccc23)c(C)c1. The lowest BCUT2D eigenvalue weighted by Gasteiger charge is -2.18. The van der Waals surface area contributed by atoms with Crippen LogP contribution < -0.4 is 4.74 Å². The Bertz CT molecular complexity index is 984. The fraction of sp³-hybridized carbons (Fsp3) is 0.273. The first kappa shape index (κ1) is 19.6. The van der Waals surface area contributed by atoms with Gasteiger partial charge in [0.2, 0.25) is 0 Å². The first-order valence-electron chi connectivity index (χ1n) is 9.21. The Hall–Kier alpha value is -3.12. The Kier molecular flexibility index (Phi) is 6.11. The van der Waals surface area contributed by atoms with Gasteiger partial charge in [-0.05, 0) is 44.0 Å². The number of fused-ring (bicyclic) bond motifs is 1. The van der Waals surface area contributed by atoms with Crippen LogP contribution in [0, 0.1) is 20.8 Å². The normalized spacial score (nSPS) is 11.3. The van der Waals surface area contributed by atoms with E-state index < -0.39 is 0 Å². The summed E-state index contributed by atoms with van der Waals surface area (Å²) in [6, 6.07) is 11.8. The summed E-state index contributed by atoms with van der Waals surface area (Å²) in [5.74, 6) is 0.398. The molecule has 0 fully saturated rings. The first-order chi connectivity index (χ1) is 13.5. The molecule has 2 N–H and O–H groups in total. The van der Waals surface area contributed by atoms with E-state index in [4.69, 9.17) is 4.74 Å². The van der Waals surface area contributed by atoms with Crippen LogP contribution in [0.3, 0.4) is 0 Å². The van der Waals surface area contributed by atoms with Gasteiger partial charge >= 0.3 is 0 Å². The van der Waals surface area contributed by atoms with Gasteiger partial charge in [0.15, 0.2) is 6.61 Å². The molecule has 2 aromatic carbocycles. The molecule has 0 spiro atoms. The van der Waals surface area contributed by atoms with Crippen molar-refractivity contribution in [1.82, 2.24) is 9.99 Å². The molecule has 1 heterocycles. The third-order valence-electron chi connectivity index (χ3n) is 4.51. The molecule has 146 valence electrons. The van der Waals surface area contributed by atoms with E-state index in [0.717, 1.165) is 33.2 Å². The standard InChI is InChI=1S/C22H25N3O3/c1-15-11-16(2)22(17(3)12-15)28-14-21(27)25(9-10-26)24-13-18-5-4-6-20-19(18)7-8-23-20/h4-8,11-13,23,26H,9-10,14H2,1-3H3/b24-13+. The first-order valence-corrected chi connectivity index (χ1v) is 9.21. The van der Waals surface area contributed by atoms with Crippen LogP contribution in [0.5, 0.6) is 5.75 Å². The van der Waals surface area contributed by atoms with Gasteiger partial charge in [-0.2, -0.15) is 5.10 Å². The topological polar surface area (TPSA) is 77.9 Å². The van der Waals surface area contributed by atoms with E-state index in [-0.39, 0.29) is 25.7 Å². The second-order valence-electron chi connectivity index (χ2n) is 6.79. The maximum absolute atomic E-state index is 12.6. The number of rotatable bonds is 7. The predicted molar refractivity (Wildman–Crippen MR) is 111 cm³/mol. The fourth-order valence-corrected chi connectivity index (χ4v) is 3.30. The van der Waals surface area contributed by atoms with Gasteiger partial charge in [-0.25, -0.2) is 5.01 Å². The number of nitrogens with zero attached hydrogens (tertiary/aromatic N) is 2. The summed E-state index contributed by atoms with van der Waals surface area (Å²) >= 11 is 0. The third kappa shape index (κ3) is 4.40. The van der Waals surface area contributed by atoms with E-state index in [1.807, 2.05) is 63.4 Å². The number of amides is 1. The zero-order valence-electron chi connectivity index (χ0n) is 16.4. The number of nitrogens with one attached hydrogen (secondary N) is 1. The highest BCUT2D eigenvalue weighted by Crippen LogP contribution is 2.24. The summed E-state index contributed by atoms with van der Waals surface area (Å²) in [6.45, 7) is 5.73. The zero-order chi connectivity index (χ0) is 20.1. The van der Waals surface area contributed by atoms with Gasteiger partial charge in [-0.15, -0.1) is 0 Å². The van der Waals surface area contributed by atoms with Crippen LogP contribution in [0.1, 0.15) is 22.3 Å². The van der Waals surface area contributed by atoms with E-state index in [1.165, 1.54) is 5.01 Å². The molecule has 0 aliphatic rings. The van der Waals surface area contributed by atoms with Crippen LogP contribution in [0.2, 0.25) is 0 Å². The molecule has 0 radical (unpaired) electrons. The highest BCUT2D eigenvalue weighted by molar-refractivity contribution is 5.98. The molecule has 0 atom stereocenters. The molecule has 0 aliphatic heterocycles. The number of hydrogen-bond acceptors (Lipinski definition) is 4. The van der Waals surface area contributed by atoms with E-state index in [9.17, 15) is 9.90 Å². The Balaban J connectivity index is 1.73. The van der Waals surface area contributed by atoms with Gasteiger partial charge in [-0.1, -0.05) is 29.8 Å². The van der Waals surface area contributed by atoms with Crippen molar-refractivity contribution in [2.45, 2.75) is 20.8 Å². The number of benzene rings is 2. The Morgan fingerprint density at radius 3 is 2.68 bits per heavy atom. The summed E-state index contributed by atoms with van der Waals surface area (Å²) in [7, 11) is 0. The van der Waals surface area contributed by atoms with Crippen LogP contribution in [-0.2, 0) is 4.79 Å². The molecular formula is C22H25N3O3. The number of hydrazone groups is 1. The molecule has 3 aromatic rings. The van der Waals surface area contributed by atoms with E-state index in [1.54, 1.807) is 6.21 Å². The lowest BCUT2D eigenvalue weighted by Crippen LogP contribution is -2.33. The average molecular weight is 379 g/mol. The number of aliphatic hydroxyl groups excluding tert-OH is 1. The number of aromatic nitrogens is 1. The molecule has 1 aromatic heterocycles. The van der Waals surface area contributed by atoms with Crippen molar-refractivity contribution < 1.29 is 14.6 Å². The predicted octanol–water partition coefficient (Wildman–Crippen LogP) is 3.33. The maximum Gasteiger partial charge on any atom is 0.280 e. The molecule has 0 aliphatic carbocycles. The lowest BCUT2D eigenvalue weighted by atomic mass is 10.1. The van der Waals surface area contributed by atoms with E-state index >= 15 is 0 Å². The third-order valence-corrected chi connectivity index (χ3v) is 4.51. The molecule has 0 unspecified atom stereocenters. The molecule has 6 nitrogen and oxygen atoms in total. The van der Waals surface area contributed by atoms with Crippen LogP contribution in [-0.4, -0.2) is 47.0 Å². The fourth-order valence-electron chi connectivity index (χ4n) is 3.30. The van der Waals surface area contributed by atoms with Crippen molar-refractivity contribution in [3.63, 3.8) is 0 Å². The zero-order valence-corrected chi connectivity index (χ0v) is 16.4. The maximum atomic E-state index is 12.6. The summed E-state index contributed by atoms with van der Waals surface area (Å²) in [4.78, 5) is 15.7. The largest absolute Gasteiger partial charge is 0.483 e. The number of aromatic amines is 1. The van der Waals surface area contributed by atoms with Crippen molar-refractivity contribution in [2.24, 2.45) is 5.10 Å². The van der Waals surface area contributed by atoms with E-state index in [0.29, 0.717) is 5.75 Å². The highest BCUT2D eigenvalue weighted by atomic mass is 16.5. The molecule has 3 rings (SSSR count). The smallest absolute Gasteiger partial charge is 0.280 e. The number of ether oxygens (including phenoxy) is 1. The number of aliphatic hydroxyl groups is 1. The Labute approximate surface area is 164 Å². The van der Waals surface area contributed by atoms with E-state index in [2.05, 4.69) is 10.1 Å². The van der Waals surface area contributed by atoms with Gasteiger partial charge in [0, 0.05) is 22.7 Å². The van der Waals surface area contributed by atoms with Gasteiger partial charge in [-0.3, -0.25) is 4.79 Å². The van der Waals surface area contributed by atoms with Crippen molar-refractivity contribution >= 4 is 23.0 Å². The van der Waals surface area contributed by atoms with Gasteiger partial charge in [0.1, 0.15) is 5.75 Å². The quantitative estimate of drug-likeness (QED) is 0.488. The minimum Gasteiger partial charge on any atom is -0.483 e. The summed E-state index contributed by atoms with van der Waals surface area (Å²) < 4.78 is 5.77. The van der Waals surface area contributed by atoms with Crippen LogP contribution in [0.15, 0.2) is 47.7 Å². The Morgan fingerprint density at radius 2 is 1.96 bits per heavy atom. The molecule has 6 heteroatoms. The number of carbonyl (C=O) groups is 1. The van der Waals surface area contributed by atoms with Gasteiger partial charge in [0.25, 0.3) is 5.91 Å². The summed E-state index contributed by atoms with van der Waals surface area (Å²) in [5.41, 5.74) is 5.01. The number of H-pyrrole nitrogens is 1. The van der Waals surface area contributed by atoms with Crippen molar-refractivity contribution in [3.8, 4) is 5.75 Å². The second kappa shape index (κ2) is 8.71. The van der Waals surface area contributed by atoms with Crippen molar-refractivity contribution in [1.29, 1.82) is 0 Å². The molecule has 0 bridgehead atoms. The summed E-state index contributed by atoms with van der Waals surface area (Å²) in [6.07, 6.45) is 3.49. The second-order valence-corrected chi connectivity index (χ2v) is 6.79. The molecule has 0 saturated carbocycles. The number of aryl methyl sites for hydroxylation is 3. The van der Waals surface area contributed by atoms with Gasteiger partial charge in [0.05, 0.1) is 19.4 Å². The minimum atomic E-state index is -0.314. The van der Waals surface area contributed by atoms with Crippen molar-refractivity contribution in [3.05, 3.63) is 64.8 Å². The minimum absolute atomic E-state index is 0.105. The van der Waals surface area contributed by atoms with Crippen molar-refractivity contribution in [2.75, 3.05) is 19.8 Å². The van der Waals surface area contributed by atoms with Crippen LogP contribution >= 0.6 is 0 Å². The number of carbonyl (C=O) groups excluding carboxylic acids is 1. The monoisotopic (exact) mass is 379 g/mol. The molecule has 1 amide bonds. The molecule has 28 heavy (non-hydrogen) atoms. The highest BCUT2D eigenvalue weighted by Gasteiger charge is 2.14. The number of hydrogen-bond donors (Lipinski definition) is 2.